The van der Waals surface area contributed by atoms with Crippen molar-refractivity contribution < 1.29 is 14.3 Å². The van der Waals surface area contributed by atoms with Crippen molar-refractivity contribution in [2.24, 2.45) is 0 Å². The highest BCUT2D eigenvalue weighted by atomic mass is 16.5. The van der Waals surface area contributed by atoms with E-state index >= 15 is 0 Å². The molecule has 0 radical (unpaired) electrons. The van der Waals surface area contributed by atoms with Crippen LogP contribution in [0.25, 0.3) is 10.8 Å². The van der Waals surface area contributed by atoms with Gasteiger partial charge in [0, 0.05) is 11.1 Å². The SMILES string of the molecule is CCCCOC(=O)c1cccc2c(Oc3ccc(N)cc3)cccc12. The van der Waals surface area contributed by atoms with Crippen LogP contribution in [0.2, 0.25) is 0 Å². The number of anilines is 1. The van der Waals surface area contributed by atoms with E-state index in [0.29, 0.717) is 29.4 Å². The molecule has 0 spiro atoms. The van der Waals surface area contributed by atoms with Gasteiger partial charge in [0.05, 0.1) is 12.2 Å². The lowest BCUT2D eigenvalue weighted by molar-refractivity contribution is 0.0502. The highest BCUT2D eigenvalue weighted by Gasteiger charge is 2.13. The molecule has 128 valence electrons. The van der Waals surface area contributed by atoms with Crippen LogP contribution in [0, 0.1) is 0 Å². The molecule has 0 saturated heterocycles. The Labute approximate surface area is 147 Å². The van der Waals surface area contributed by atoms with Crippen molar-refractivity contribution in [1.29, 1.82) is 0 Å². The molecule has 3 aromatic carbocycles. The number of esters is 1. The third-order valence-corrected chi connectivity index (χ3v) is 3.94. The molecule has 0 bridgehead atoms. The van der Waals surface area contributed by atoms with Gasteiger partial charge in [-0.3, -0.25) is 0 Å². The molecule has 3 rings (SSSR count). The van der Waals surface area contributed by atoms with Gasteiger partial charge in [-0.25, -0.2) is 4.79 Å². The molecule has 2 N–H and O–H groups in total. The first-order valence-electron chi connectivity index (χ1n) is 8.41. The van der Waals surface area contributed by atoms with Crippen LogP contribution < -0.4 is 10.5 Å². The van der Waals surface area contributed by atoms with E-state index in [9.17, 15) is 4.79 Å². The number of fused-ring (bicyclic) bond motifs is 1. The van der Waals surface area contributed by atoms with Gasteiger partial charge in [0.2, 0.25) is 0 Å². The summed E-state index contributed by atoms with van der Waals surface area (Å²) in [5, 5.41) is 1.68. The van der Waals surface area contributed by atoms with Crippen molar-refractivity contribution in [3.05, 3.63) is 66.2 Å². The van der Waals surface area contributed by atoms with Crippen molar-refractivity contribution in [2.75, 3.05) is 12.3 Å². The predicted molar refractivity (Wildman–Crippen MR) is 100 cm³/mol. The molecule has 3 aromatic rings. The van der Waals surface area contributed by atoms with Gasteiger partial charge in [-0.15, -0.1) is 0 Å². The maximum atomic E-state index is 12.4. The first kappa shape index (κ1) is 16.8. The molecule has 0 aliphatic rings. The molecule has 0 aliphatic heterocycles. The number of nitrogens with two attached hydrogens (primary N) is 1. The summed E-state index contributed by atoms with van der Waals surface area (Å²) in [5.41, 5.74) is 6.94. The molecule has 4 heteroatoms. The molecule has 25 heavy (non-hydrogen) atoms. The Kier molecular flexibility index (Phi) is 5.19. The second kappa shape index (κ2) is 7.71. The quantitative estimate of drug-likeness (QED) is 0.383. The molecule has 0 aliphatic carbocycles. The maximum Gasteiger partial charge on any atom is 0.338 e. The summed E-state index contributed by atoms with van der Waals surface area (Å²) in [6, 6.07) is 18.4. The summed E-state index contributed by atoms with van der Waals surface area (Å²) in [6.07, 6.45) is 1.85. The van der Waals surface area contributed by atoms with E-state index in [0.717, 1.165) is 23.6 Å². The third kappa shape index (κ3) is 3.91. The summed E-state index contributed by atoms with van der Waals surface area (Å²) < 4.78 is 11.3. The largest absolute Gasteiger partial charge is 0.462 e. The molecular formula is C21H21NO3. The molecule has 0 amide bonds. The van der Waals surface area contributed by atoms with E-state index in [2.05, 4.69) is 6.92 Å². The number of carbonyl (C=O) groups is 1. The van der Waals surface area contributed by atoms with Gasteiger partial charge in [0.25, 0.3) is 0 Å². The fourth-order valence-corrected chi connectivity index (χ4v) is 2.60. The number of ether oxygens (including phenoxy) is 2. The minimum atomic E-state index is -0.302. The van der Waals surface area contributed by atoms with Crippen molar-refractivity contribution >= 4 is 22.4 Å². The standard InChI is InChI=1S/C21H21NO3/c1-2-3-14-24-21(23)19-8-4-7-18-17(19)6-5-9-20(18)25-16-12-10-15(22)11-13-16/h4-13H,2-3,14,22H2,1H3. The van der Waals surface area contributed by atoms with Gasteiger partial charge in [0.15, 0.2) is 0 Å². The van der Waals surface area contributed by atoms with Gasteiger partial charge in [-0.05, 0) is 48.2 Å². The van der Waals surface area contributed by atoms with Gasteiger partial charge in [-0.2, -0.15) is 0 Å². The number of benzene rings is 3. The normalized spacial score (nSPS) is 10.6. The van der Waals surface area contributed by atoms with Crippen LogP contribution in [0.15, 0.2) is 60.7 Å². The monoisotopic (exact) mass is 335 g/mol. The fraction of sp³-hybridized carbons (Fsp3) is 0.190. The van der Waals surface area contributed by atoms with Crippen LogP contribution >= 0.6 is 0 Å². The summed E-state index contributed by atoms with van der Waals surface area (Å²) in [7, 11) is 0. The van der Waals surface area contributed by atoms with E-state index in [1.54, 1.807) is 18.2 Å². The zero-order valence-corrected chi connectivity index (χ0v) is 14.2. The smallest absolute Gasteiger partial charge is 0.338 e. The summed E-state index contributed by atoms with van der Waals surface area (Å²) in [4.78, 5) is 12.4. The molecule has 4 nitrogen and oxygen atoms in total. The average Bonchev–Trinajstić information content (AvgIpc) is 2.63. The number of unbranched alkanes of at least 4 members (excludes halogenated alkanes) is 1. The Morgan fingerprint density at radius 2 is 1.68 bits per heavy atom. The second-order valence-electron chi connectivity index (χ2n) is 5.82. The summed E-state index contributed by atoms with van der Waals surface area (Å²) in [6.45, 7) is 2.50. The fourth-order valence-electron chi connectivity index (χ4n) is 2.60. The van der Waals surface area contributed by atoms with Crippen molar-refractivity contribution in [2.45, 2.75) is 19.8 Å². The number of hydrogen-bond acceptors (Lipinski definition) is 4. The summed E-state index contributed by atoms with van der Waals surface area (Å²) >= 11 is 0. The first-order valence-corrected chi connectivity index (χ1v) is 8.41. The molecular weight excluding hydrogens is 314 g/mol. The van der Waals surface area contributed by atoms with Crippen LogP contribution in [0.1, 0.15) is 30.1 Å². The number of hydrogen-bond donors (Lipinski definition) is 1. The second-order valence-corrected chi connectivity index (χ2v) is 5.82. The third-order valence-electron chi connectivity index (χ3n) is 3.94. The van der Waals surface area contributed by atoms with E-state index in [1.165, 1.54) is 0 Å². The van der Waals surface area contributed by atoms with Gasteiger partial charge in [-0.1, -0.05) is 37.6 Å². The predicted octanol–water partition coefficient (Wildman–Crippen LogP) is 5.17. The van der Waals surface area contributed by atoms with E-state index < -0.39 is 0 Å². The first-order chi connectivity index (χ1) is 12.2. The zero-order valence-electron chi connectivity index (χ0n) is 14.2. The topological polar surface area (TPSA) is 61.5 Å². The number of carbonyl (C=O) groups excluding carboxylic acids is 1. The highest BCUT2D eigenvalue weighted by molar-refractivity contribution is 6.06. The zero-order chi connectivity index (χ0) is 17.6. The Hall–Kier alpha value is -3.01. The lowest BCUT2D eigenvalue weighted by Gasteiger charge is -2.12. The lowest BCUT2D eigenvalue weighted by atomic mass is 10.0. The number of nitrogen functional groups attached to an aromatic ring is 1. The van der Waals surface area contributed by atoms with Crippen molar-refractivity contribution in [3.63, 3.8) is 0 Å². The lowest BCUT2D eigenvalue weighted by Crippen LogP contribution is -2.07. The Bertz CT molecular complexity index is 872. The summed E-state index contributed by atoms with van der Waals surface area (Å²) in [5.74, 6) is 1.08. The Balaban J connectivity index is 1.92. The van der Waals surface area contributed by atoms with Crippen LogP contribution in [-0.2, 0) is 4.74 Å². The molecule has 0 atom stereocenters. The molecule has 0 heterocycles. The van der Waals surface area contributed by atoms with E-state index in [-0.39, 0.29) is 5.97 Å². The Morgan fingerprint density at radius 1 is 0.960 bits per heavy atom. The minimum Gasteiger partial charge on any atom is -0.462 e. The van der Waals surface area contributed by atoms with Gasteiger partial charge in [0.1, 0.15) is 11.5 Å². The van der Waals surface area contributed by atoms with Crippen LogP contribution in [-0.4, -0.2) is 12.6 Å². The Morgan fingerprint density at radius 3 is 2.44 bits per heavy atom. The van der Waals surface area contributed by atoms with Crippen LogP contribution in [0.5, 0.6) is 11.5 Å². The van der Waals surface area contributed by atoms with Crippen molar-refractivity contribution in [1.82, 2.24) is 0 Å². The van der Waals surface area contributed by atoms with Gasteiger partial charge >= 0.3 is 5.97 Å². The highest BCUT2D eigenvalue weighted by Crippen LogP contribution is 2.32. The molecule has 0 aromatic heterocycles. The van der Waals surface area contributed by atoms with Gasteiger partial charge < -0.3 is 15.2 Å². The molecule has 0 fully saturated rings. The van der Waals surface area contributed by atoms with Crippen LogP contribution in [0.3, 0.4) is 0 Å². The molecule has 0 unspecified atom stereocenters. The van der Waals surface area contributed by atoms with Crippen LogP contribution in [0.4, 0.5) is 5.69 Å². The molecule has 0 saturated carbocycles. The van der Waals surface area contributed by atoms with E-state index in [4.69, 9.17) is 15.2 Å². The number of rotatable bonds is 6. The van der Waals surface area contributed by atoms with Crippen molar-refractivity contribution in [3.8, 4) is 11.5 Å². The average molecular weight is 335 g/mol. The minimum absolute atomic E-state index is 0.302. The maximum absolute atomic E-state index is 12.4. The van der Waals surface area contributed by atoms with E-state index in [1.807, 2.05) is 42.5 Å².